The molecule has 3 heterocycles. The van der Waals surface area contributed by atoms with Gasteiger partial charge in [-0.2, -0.15) is 0 Å². The fourth-order valence-corrected chi connectivity index (χ4v) is 3.49. The maximum atomic E-state index is 10.9. The van der Waals surface area contributed by atoms with E-state index in [0.717, 1.165) is 12.8 Å². The summed E-state index contributed by atoms with van der Waals surface area (Å²) in [4.78, 5) is 13.3. The molecule has 0 radical (unpaired) electrons. The molecule has 1 N–H and O–H groups in total. The maximum absolute atomic E-state index is 10.9. The molecule has 2 atom stereocenters. The van der Waals surface area contributed by atoms with Crippen molar-refractivity contribution in [2.75, 3.05) is 7.05 Å². The summed E-state index contributed by atoms with van der Waals surface area (Å²) in [7, 11) is 2.19. The number of nitrogens with zero attached hydrogens (tertiary/aromatic N) is 4. The highest BCUT2D eigenvalue weighted by Gasteiger charge is 2.46. The zero-order valence-electron chi connectivity index (χ0n) is 10.7. The monoisotopic (exact) mass is 250 g/mol. The lowest BCUT2D eigenvalue weighted by Crippen LogP contribution is -2.49. The van der Waals surface area contributed by atoms with E-state index in [2.05, 4.69) is 29.2 Å². The molecule has 0 saturated carbocycles. The van der Waals surface area contributed by atoms with Crippen LogP contribution in [0, 0.1) is 0 Å². The van der Waals surface area contributed by atoms with Crippen LogP contribution in [0.1, 0.15) is 43.1 Å². The summed E-state index contributed by atoms with van der Waals surface area (Å²) in [6.07, 6.45) is 6.06. The van der Waals surface area contributed by atoms with E-state index in [1.54, 1.807) is 10.9 Å². The molecule has 2 fully saturated rings. The number of aromatic carboxylic acids is 1. The van der Waals surface area contributed by atoms with Gasteiger partial charge in [0.25, 0.3) is 0 Å². The first-order valence-corrected chi connectivity index (χ1v) is 6.38. The molecule has 6 heteroatoms. The molecule has 2 bridgehead atoms. The van der Waals surface area contributed by atoms with Crippen LogP contribution in [0.3, 0.4) is 0 Å². The van der Waals surface area contributed by atoms with Crippen LogP contribution in [0.4, 0.5) is 0 Å². The highest BCUT2D eigenvalue weighted by Crippen LogP contribution is 2.43. The Morgan fingerprint density at radius 2 is 2.06 bits per heavy atom. The summed E-state index contributed by atoms with van der Waals surface area (Å²) >= 11 is 0. The Hall–Kier alpha value is -1.43. The van der Waals surface area contributed by atoms with E-state index in [1.807, 2.05) is 0 Å². The fraction of sp³-hybridized carbons (Fsp3) is 0.750. The van der Waals surface area contributed by atoms with Gasteiger partial charge < -0.3 is 10.0 Å². The average molecular weight is 250 g/mol. The van der Waals surface area contributed by atoms with E-state index in [1.165, 1.54) is 12.8 Å². The smallest absolute Gasteiger partial charge is 0.358 e. The molecule has 2 saturated heterocycles. The standard InChI is InChI=1S/C12H18N4O2/c1-12(16-7-10(11(17)18)13-14-16)5-8-3-4-9(6-12)15(8)2/h7-9H,3-6H2,1-2H3,(H,17,18). The summed E-state index contributed by atoms with van der Waals surface area (Å²) in [5.74, 6) is -1.01. The number of hydrogen-bond acceptors (Lipinski definition) is 4. The highest BCUT2D eigenvalue weighted by molar-refractivity contribution is 5.84. The minimum Gasteiger partial charge on any atom is -0.476 e. The van der Waals surface area contributed by atoms with Gasteiger partial charge in [0.05, 0.1) is 11.7 Å². The molecule has 1 aromatic heterocycles. The van der Waals surface area contributed by atoms with Gasteiger partial charge in [0.1, 0.15) is 0 Å². The van der Waals surface area contributed by atoms with Crippen LogP contribution in [-0.2, 0) is 5.54 Å². The van der Waals surface area contributed by atoms with Crippen LogP contribution < -0.4 is 0 Å². The molecule has 2 unspecified atom stereocenters. The number of piperidine rings is 1. The first-order valence-electron chi connectivity index (χ1n) is 6.38. The van der Waals surface area contributed by atoms with Crippen molar-refractivity contribution in [3.63, 3.8) is 0 Å². The van der Waals surface area contributed by atoms with E-state index in [9.17, 15) is 4.79 Å². The molecular weight excluding hydrogens is 232 g/mol. The predicted octanol–water partition coefficient (Wildman–Crippen LogP) is 0.948. The molecule has 98 valence electrons. The van der Waals surface area contributed by atoms with Crippen molar-refractivity contribution in [2.24, 2.45) is 0 Å². The second-order valence-corrected chi connectivity index (χ2v) is 5.81. The fourth-order valence-electron chi connectivity index (χ4n) is 3.49. The molecule has 2 aliphatic rings. The van der Waals surface area contributed by atoms with Gasteiger partial charge in [0.2, 0.25) is 0 Å². The van der Waals surface area contributed by atoms with Crippen molar-refractivity contribution in [2.45, 2.75) is 50.2 Å². The molecular formula is C12H18N4O2. The van der Waals surface area contributed by atoms with Gasteiger partial charge in [0.15, 0.2) is 5.69 Å². The third-order valence-electron chi connectivity index (χ3n) is 4.60. The van der Waals surface area contributed by atoms with E-state index in [0.29, 0.717) is 12.1 Å². The van der Waals surface area contributed by atoms with Crippen molar-refractivity contribution in [1.82, 2.24) is 19.9 Å². The van der Waals surface area contributed by atoms with Crippen LogP contribution >= 0.6 is 0 Å². The number of rotatable bonds is 2. The van der Waals surface area contributed by atoms with Gasteiger partial charge in [-0.05, 0) is 39.7 Å². The van der Waals surface area contributed by atoms with Crippen LogP contribution in [0.2, 0.25) is 0 Å². The quantitative estimate of drug-likeness (QED) is 0.846. The Morgan fingerprint density at radius 1 is 1.44 bits per heavy atom. The number of hydrogen-bond donors (Lipinski definition) is 1. The Morgan fingerprint density at radius 3 is 2.56 bits per heavy atom. The normalized spacial score (nSPS) is 35.9. The summed E-state index contributed by atoms with van der Waals surface area (Å²) in [6.45, 7) is 2.16. The van der Waals surface area contributed by atoms with Crippen molar-refractivity contribution < 1.29 is 9.90 Å². The van der Waals surface area contributed by atoms with Crippen molar-refractivity contribution in [1.29, 1.82) is 0 Å². The third kappa shape index (κ3) is 1.63. The number of fused-ring (bicyclic) bond motifs is 2. The molecule has 0 spiro atoms. The topological polar surface area (TPSA) is 71.2 Å². The van der Waals surface area contributed by atoms with Crippen LogP contribution in [0.15, 0.2) is 6.20 Å². The lowest BCUT2D eigenvalue weighted by molar-refractivity contribution is 0.0684. The lowest BCUT2D eigenvalue weighted by Gasteiger charge is -2.43. The van der Waals surface area contributed by atoms with Gasteiger partial charge in [-0.15, -0.1) is 5.10 Å². The van der Waals surface area contributed by atoms with Crippen molar-refractivity contribution in [3.8, 4) is 0 Å². The molecule has 0 aliphatic carbocycles. The summed E-state index contributed by atoms with van der Waals surface area (Å²) in [6, 6.07) is 1.18. The van der Waals surface area contributed by atoms with Gasteiger partial charge in [-0.3, -0.25) is 0 Å². The maximum Gasteiger partial charge on any atom is 0.358 e. The third-order valence-corrected chi connectivity index (χ3v) is 4.60. The second kappa shape index (κ2) is 3.78. The number of carboxylic acids is 1. The SMILES string of the molecule is CN1C2CCC1CC(C)(n1cc(C(=O)O)nn1)C2. The zero-order chi connectivity index (χ0) is 12.9. The highest BCUT2D eigenvalue weighted by atomic mass is 16.4. The summed E-state index contributed by atoms with van der Waals surface area (Å²) in [5, 5.41) is 16.7. The molecule has 1 aromatic rings. The van der Waals surface area contributed by atoms with Gasteiger partial charge in [-0.1, -0.05) is 5.21 Å². The first kappa shape index (κ1) is 11.6. The Balaban J connectivity index is 1.89. The van der Waals surface area contributed by atoms with Crippen LogP contribution in [0.5, 0.6) is 0 Å². The molecule has 0 aromatic carbocycles. The molecule has 3 rings (SSSR count). The Labute approximate surface area is 106 Å². The van der Waals surface area contributed by atoms with Gasteiger partial charge in [0, 0.05) is 12.1 Å². The molecule has 2 aliphatic heterocycles. The average Bonchev–Trinajstić information content (AvgIpc) is 2.87. The molecule has 6 nitrogen and oxygen atoms in total. The van der Waals surface area contributed by atoms with Crippen molar-refractivity contribution >= 4 is 5.97 Å². The van der Waals surface area contributed by atoms with E-state index >= 15 is 0 Å². The summed E-state index contributed by atoms with van der Waals surface area (Å²) < 4.78 is 1.76. The van der Waals surface area contributed by atoms with Gasteiger partial charge in [-0.25, -0.2) is 9.48 Å². The lowest BCUT2D eigenvalue weighted by atomic mass is 9.85. The first-order chi connectivity index (χ1) is 8.49. The van der Waals surface area contributed by atoms with E-state index < -0.39 is 5.97 Å². The largest absolute Gasteiger partial charge is 0.476 e. The Kier molecular flexibility index (Phi) is 2.45. The number of carboxylic acid groups (broad SMARTS) is 1. The number of carbonyl (C=O) groups is 1. The van der Waals surface area contributed by atoms with Crippen LogP contribution in [0.25, 0.3) is 0 Å². The predicted molar refractivity (Wildman–Crippen MR) is 64.4 cm³/mol. The second-order valence-electron chi connectivity index (χ2n) is 5.81. The Bertz CT molecular complexity index is 470. The van der Waals surface area contributed by atoms with E-state index in [4.69, 9.17) is 5.11 Å². The van der Waals surface area contributed by atoms with Gasteiger partial charge >= 0.3 is 5.97 Å². The molecule has 18 heavy (non-hydrogen) atoms. The summed E-state index contributed by atoms with van der Waals surface area (Å²) in [5.41, 5.74) is -0.0681. The minimum absolute atomic E-state index is 0.0301. The molecule has 0 amide bonds. The van der Waals surface area contributed by atoms with Crippen molar-refractivity contribution in [3.05, 3.63) is 11.9 Å². The number of aromatic nitrogens is 3. The van der Waals surface area contributed by atoms with Crippen LogP contribution in [-0.4, -0.2) is 50.1 Å². The zero-order valence-corrected chi connectivity index (χ0v) is 10.7. The minimum atomic E-state index is -1.01. The van der Waals surface area contributed by atoms with E-state index in [-0.39, 0.29) is 11.2 Å².